The van der Waals surface area contributed by atoms with Gasteiger partial charge >= 0.3 is 0 Å². The van der Waals surface area contributed by atoms with Gasteiger partial charge in [0.15, 0.2) is 0 Å². The van der Waals surface area contributed by atoms with Gasteiger partial charge in [-0.15, -0.1) is 10.2 Å². The van der Waals surface area contributed by atoms with Gasteiger partial charge in [-0.05, 0) is 47.7 Å². The van der Waals surface area contributed by atoms with Gasteiger partial charge in [0.25, 0.3) is 0 Å². The third-order valence-electron chi connectivity index (χ3n) is 4.08. The van der Waals surface area contributed by atoms with Crippen molar-refractivity contribution in [2.24, 2.45) is 0 Å². The number of halogens is 1. The zero-order valence-corrected chi connectivity index (χ0v) is 14.8. The number of benzene rings is 1. The molecule has 0 aliphatic heterocycles. The largest absolute Gasteiger partial charge is 0.235 e. The standard InChI is InChI=1S/C17H14ClN5S/c1-10-3-4-12-7-14(16(18)19-15(12)11(10)2)8-23-21-17(20-22-23)13-5-6-24-9-13/h3-7,9H,8H2,1-2H3. The summed E-state index contributed by atoms with van der Waals surface area (Å²) in [5.41, 5.74) is 5.15. The van der Waals surface area contributed by atoms with E-state index < -0.39 is 0 Å². The van der Waals surface area contributed by atoms with Crippen molar-refractivity contribution in [2.75, 3.05) is 0 Å². The van der Waals surface area contributed by atoms with Crippen LogP contribution in [0.3, 0.4) is 0 Å². The predicted octanol–water partition coefficient (Wildman–Crippen LogP) is 4.27. The third-order valence-corrected chi connectivity index (χ3v) is 5.09. The Kier molecular flexibility index (Phi) is 3.78. The van der Waals surface area contributed by atoms with Crippen molar-refractivity contribution in [3.05, 3.63) is 56.9 Å². The third kappa shape index (κ3) is 2.68. The Morgan fingerprint density at radius 3 is 2.88 bits per heavy atom. The molecule has 0 unspecified atom stereocenters. The molecule has 0 spiro atoms. The smallest absolute Gasteiger partial charge is 0.205 e. The molecule has 4 rings (SSSR count). The van der Waals surface area contributed by atoms with Crippen molar-refractivity contribution in [2.45, 2.75) is 20.4 Å². The van der Waals surface area contributed by atoms with Gasteiger partial charge in [0.1, 0.15) is 5.15 Å². The second-order valence-corrected chi connectivity index (χ2v) is 6.81. The van der Waals surface area contributed by atoms with Crippen molar-refractivity contribution >= 4 is 33.8 Å². The number of fused-ring (bicyclic) bond motifs is 1. The van der Waals surface area contributed by atoms with Crippen molar-refractivity contribution < 1.29 is 0 Å². The van der Waals surface area contributed by atoms with Crippen LogP contribution in [-0.4, -0.2) is 25.2 Å². The number of rotatable bonds is 3. The van der Waals surface area contributed by atoms with E-state index in [1.807, 2.05) is 22.9 Å². The maximum Gasteiger partial charge on any atom is 0.205 e. The topological polar surface area (TPSA) is 56.5 Å². The summed E-state index contributed by atoms with van der Waals surface area (Å²) in [5, 5.41) is 18.2. The molecule has 0 radical (unpaired) electrons. The Morgan fingerprint density at radius 2 is 2.08 bits per heavy atom. The first-order valence-corrected chi connectivity index (χ1v) is 8.79. The molecule has 0 fully saturated rings. The molecule has 24 heavy (non-hydrogen) atoms. The van der Waals surface area contributed by atoms with E-state index in [9.17, 15) is 0 Å². The highest BCUT2D eigenvalue weighted by Gasteiger charge is 2.11. The second-order valence-electron chi connectivity index (χ2n) is 5.67. The Morgan fingerprint density at radius 1 is 1.21 bits per heavy atom. The number of thiophene rings is 1. The summed E-state index contributed by atoms with van der Waals surface area (Å²) in [4.78, 5) is 6.11. The van der Waals surface area contributed by atoms with E-state index in [1.54, 1.807) is 16.1 Å². The summed E-state index contributed by atoms with van der Waals surface area (Å²) < 4.78 is 0. The molecule has 4 aromatic rings. The van der Waals surface area contributed by atoms with Crippen LogP contribution in [-0.2, 0) is 6.54 Å². The minimum atomic E-state index is 0.436. The highest BCUT2D eigenvalue weighted by Crippen LogP contribution is 2.25. The summed E-state index contributed by atoms with van der Waals surface area (Å²) >= 11 is 7.99. The lowest BCUT2D eigenvalue weighted by Crippen LogP contribution is -2.05. The van der Waals surface area contributed by atoms with Crippen LogP contribution < -0.4 is 0 Å². The number of tetrazole rings is 1. The number of aryl methyl sites for hydroxylation is 2. The van der Waals surface area contributed by atoms with E-state index in [4.69, 9.17) is 11.6 Å². The average Bonchev–Trinajstić information content (AvgIpc) is 3.24. The first-order valence-electron chi connectivity index (χ1n) is 7.47. The highest BCUT2D eigenvalue weighted by atomic mass is 35.5. The quantitative estimate of drug-likeness (QED) is 0.515. The average molecular weight is 356 g/mol. The molecule has 0 amide bonds. The number of hydrogen-bond donors (Lipinski definition) is 0. The SMILES string of the molecule is Cc1ccc2cc(Cn3nnc(-c4ccsc4)n3)c(Cl)nc2c1C. The van der Waals surface area contributed by atoms with Crippen LogP contribution in [0.25, 0.3) is 22.3 Å². The molecule has 0 atom stereocenters. The molecule has 120 valence electrons. The van der Waals surface area contributed by atoms with E-state index >= 15 is 0 Å². The Hall–Kier alpha value is -2.31. The van der Waals surface area contributed by atoms with Gasteiger partial charge in [-0.3, -0.25) is 0 Å². The van der Waals surface area contributed by atoms with Crippen LogP contribution in [0.5, 0.6) is 0 Å². The zero-order valence-electron chi connectivity index (χ0n) is 13.2. The summed E-state index contributed by atoms with van der Waals surface area (Å²) in [6, 6.07) is 8.18. The Bertz CT molecular complexity index is 1020. The molecular formula is C17H14ClN5S. The minimum Gasteiger partial charge on any atom is -0.235 e. The molecule has 3 heterocycles. The van der Waals surface area contributed by atoms with Crippen LogP contribution in [0, 0.1) is 13.8 Å². The molecule has 0 aliphatic carbocycles. The molecule has 1 aromatic carbocycles. The Labute approximate surface area is 147 Å². The lowest BCUT2D eigenvalue weighted by Gasteiger charge is -2.09. The van der Waals surface area contributed by atoms with Gasteiger partial charge in [0.2, 0.25) is 5.82 Å². The molecule has 0 saturated heterocycles. The van der Waals surface area contributed by atoms with E-state index in [0.717, 1.165) is 27.6 Å². The van der Waals surface area contributed by atoms with Gasteiger partial charge in [-0.2, -0.15) is 16.1 Å². The zero-order chi connectivity index (χ0) is 16.7. The maximum atomic E-state index is 6.39. The van der Waals surface area contributed by atoms with Crippen molar-refractivity contribution in [3.8, 4) is 11.4 Å². The van der Waals surface area contributed by atoms with Crippen LogP contribution in [0.4, 0.5) is 0 Å². The summed E-state index contributed by atoms with van der Waals surface area (Å²) in [6.45, 7) is 4.57. The molecule has 7 heteroatoms. The van der Waals surface area contributed by atoms with Crippen LogP contribution in [0.15, 0.2) is 35.0 Å². The minimum absolute atomic E-state index is 0.436. The fourth-order valence-electron chi connectivity index (χ4n) is 2.58. The van der Waals surface area contributed by atoms with Gasteiger partial charge in [-0.1, -0.05) is 23.7 Å². The lowest BCUT2D eigenvalue weighted by atomic mass is 10.0. The van der Waals surface area contributed by atoms with E-state index in [0.29, 0.717) is 17.5 Å². The van der Waals surface area contributed by atoms with Gasteiger partial charge < -0.3 is 0 Å². The lowest BCUT2D eigenvalue weighted by molar-refractivity contribution is 0.572. The van der Waals surface area contributed by atoms with E-state index in [-0.39, 0.29) is 0 Å². The van der Waals surface area contributed by atoms with E-state index in [1.165, 1.54) is 5.56 Å². The van der Waals surface area contributed by atoms with E-state index in [2.05, 4.69) is 46.4 Å². The van der Waals surface area contributed by atoms with Crippen LogP contribution in [0.2, 0.25) is 5.15 Å². The van der Waals surface area contributed by atoms with Gasteiger partial charge in [0, 0.05) is 21.9 Å². The first-order chi connectivity index (χ1) is 11.6. The van der Waals surface area contributed by atoms with Crippen molar-refractivity contribution in [1.29, 1.82) is 0 Å². The first kappa shape index (κ1) is 15.2. The van der Waals surface area contributed by atoms with Gasteiger partial charge in [-0.25, -0.2) is 4.98 Å². The normalized spacial score (nSPS) is 11.3. The molecule has 0 bridgehead atoms. The summed E-state index contributed by atoms with van der Waals surface area (Å²) in [6.07, 6.45) is 0. The molecular weight excluding hydrogens is 342 g/mol. The monoisotopic (exact) mass is 355 g/mol. The number of pyridine rings is 1. The van der Waals surface area contributed by atoms with Crippen LogP contribution in [0.1, 0.15) is 16.7 Å². The highest BCUT2D eigenvalue weighted by molar-refractivity contribution is 7.08. The number of aromatic nitrogens is 5. The second kappa shape index (κ2) is 5.96. The maximum absolute atomic E-state index is 6.39. The number of hydrogen-bond acceptors (Lipinski definition) is 5. The fourth-order valence-corrected chi connectivity index (χ4v) is 3.42. The fraction of sp³-hybridized carbons (Fsp3) is 0.176. The summed E-state index contributed by atoms with van der Waals surface area (Å²) in [7, 11) is 0. The molecule has 0 saturated carbocycles. The molecule has 3 aromatic heterocycles. The summed E-state index contributed by atoms with van der Waals surface area (Å²) in [5.74, 6) is 0.618. The predicted molar refractivity (Wildman–Crippen MR) is 96.5 cm³/mol. The number of nitrogens with zero attached hydrogens (tertiary/aromatic N) is 5. The van der Waals surface area contributed by atoms with Crippen LogP contribution >= 0.6 is 22.9 Å². The molecule has 0 aliphatic rings. The van der Waals surface area contributed by atoms with Crippen molar-refractivity contribution in [1.82, 2.24) is 25.2 Å². The van der Waals surface area contributed by atoms with Gasteiger partial charge in [0.05, 0.1) is 12.1 Å². The molecule has 5 nitrogen and oxygen atoms in total. The Balaban J connectivity index is 1.70. The molecule has 0 N–H and O–H groups in total. The van der Waals surface area contributed by atoms with Crippen molar-refractivity contribution in [3.63, 3.8) is 0 Å².